The average Bonchev–Trinajstić information content (AvgIpc) is 2.95. The van der Waals surface area contributed by atoms with Gasteiger partial charge in [-0.1, -0.05) is 18.2 Å². The summed E-state index contributed by atoms with van der Waals surface area (Å²) >= 11 is 4.99. The maximum absolute atomic E-state index is 10.3. The fraction of sp³-hybridized carbons (Fsp3) is 0.231. The summed E-state index contributed by atoms with van der Waals surface area (Å²) in [5, 5.41) is 12.3. The van der Waals surface area contributed by atoms with E-state index in [1.54, 1.807) is 11.3 Å². The normalized spacial score (nSPS) is 15.9. The van der Waals surface area contributed by atoms with Crippen molar-refractivity contribution in [3.05, 3.63) is 55.7 Å². The van der Waals surface area contributed by atoms with Crippen molar-refractivity contribution in [2.24, 2.45) is 0 Å². The summed E-state index contributed by atoms with van der Waals surface area (Å²) < 4.78 is 6.41. The van der Waals surface area contributed by atoms with E-state index < -0.39 is 6.10 Å². The SMILES string of the molecule is OC(c1csc(Br)c1)c1ccc2c(c1)COC2. The van der Waals surface area contributed by atoms with E-state index in [0.29, 0.717) is 13.2 Å². The first kappa shape index (κ1) is 11.4. The van der Waals surface area contributed by atoms with Crippen LogP contribution in [0.5, 0.6) is 0 Å². The van der Waals surface area contributed by atoms with Crippen LogP contribution in [0.4, 0.5) is 0 Å². The highest BCUT2D eigenvalue weighted by Gasteiger charge is 2.16. The lowest BCUT2D eigenvalue weighted by atomic mass is 10.00. The lowest BCUT2D eigenvalue weighted by molar-refractivity contribution is 0.134. The predicted molar refractivity (Wildman–Crippen MR) is 71.0 cm³/mol. The quantitative estimate of drug-likeness (QED) is 0.918. The Morgan fingerprint density at radius 1 is 1.18 bits per heavy atom. The summed E-state index contributed by atoms with van der Waals surface area (Å²) in [5.41, 5.74) is 4.28. The molecule has 0 bridgehead atoms. The van der Waals surface area contributed by atoms with Crippen LogP contribution in [0, 0.1) is 0 Å². The third kappa shape index (κ3) is 2.18. The van der Waals surface area contributed by atoms with Crippen molar-refractivity contribution in [1.29, 1.82) is 0 Å². The maximum atomic E-state index is 10.3. The van der Waals surface area contributed by atoms with E-state index in [4.69, 9.17) is 4.74 Å². The minimum atomic E-state index is -0.552. The minimum absolute atomic E-state index is 0.552. The zero-order chi connectivity index (χ0) is 11.8. The highest BCUT2D eigenvalue weighted by atomic mass is 79.9. The molecule has 1 atom stereocenters. The number of benzene rings is 1. The summed E-state index contributed by atoms with van der Waals surface area (Å²) in [7, 11) is 0. The summed E-state index contributed by atoms with van der Waals surface area (Å²) in [6.45, 7) is 1.35. The second kappa shape index (κ2) is 4.53. The molecule has 1 aromatic heterocycles. The molecule has 1 aliphatic rings. The third-order valence-corrected chi connectivity index (χ3v) is 4.49. The molecule has 0 saturated carbocycles. The average molecular weight is 311 g/mol. The smallest absolute Gasteiger partial charge is 0.105 e. The van der Waals surface area contributed by atoms with Crippen LogP contribution in [0.15, 0.2) is 33.4 Å². The maximum Gasteiger partial charge on any atom is 0.105 e. The molecule has 3 rings (SSSR count). The van der Waals surface area contributed by atoms with Gasteiger partial charge in [-0.05, 0) is 49.6 Å². The molecule has 1 aromatic carbocycles. The molecule has 0 saturated heterocycles. The monoisotopic (exact) mass is 310 g/mol. The van der Waals surface area contributed by atoms with E-state index >= 15 is 0 Å². The molecule has 2 nitrogen and oxygen atoms in total. The van der Waals surface area contributed by atoms with Crippen LogP contribution < -0.4 is 0 Å². The van der Waals surface area contributed by atoms with E-state index in [1.807, 2.05) is 29.6 Å². The van der Waals surface area contributed by atoms with Gasteiger partial charge in [-0.25, -0.2) is 0 Å². The zero-order valence-corrected chi connectivity index (χ0v) is 11.4. The van der Waals surface area contributed by atoms with Crippen molar-refractivity contribution in [2.75, 3.05) is 0 Å². The largest absolute Gasteiger partial charge is 0.384 e. The van der Waals surface area contributed by atoms with Crippen LogP contribution in [-0.2, 0) is 18.0 Å². The molecule has 0 spiro atoms. The summed E-state index contributed by atoms with van der Waals surface area (Å²) in [5.74, 6) is 0. The number of hydrogen-bond donors (Lipinski definition) is 1. The molecule has 0 amide bonds. The number of rotatable bonds is 2. The van der Waals surface area contributed by atoms with Crippen LogP contribution >= 0.6 is 27.3 Å². The Morgan fingerprint density at radius 3 is 2.76 bits per heavy atom. The number of thiophene rings is 1. The minimum Gasteiger partial charge on any atom is -0.384 e. The Hall–Kier alpha value is -0.680. The number of fused-ring (bicyclic) bond motifs is 1. The van der Waals surface area contributed by atoms with Gasteiger partial charge in [-0.2, -0.15) is 0 Å². The second-order valence-corrected chi connectivity index (χ2v) is 6.40. The van der Waals surface area contributed by atoms with Gasteiger partial charge in [0.15, 0.2) is 0 Å². The van der Waals surface area contributed by atoms with Gasteiger partial charge in [0.1, 0.15) is 6.10 Å². The van der Waals surface area contributed by atoms with Crippen molar-refractivity contribution in [2.45, 2.75) is 19.3 Å². The van der Waals surface area contributed by atoms with Crippen molar-refractivity contribution in [3.8, 4) is 0 Å². The summed E-state index contributed by atoms with van der Waals surface area (Å²) in [6, 6.07) is 8.02. The summed E-state index contributed by atoms with van der Waals surface area (Å²) in [4.78, 5) is 0. The van der Waals surface area contributed by atoms with Gasteiger partial charge in [0.2, 0.25) is 0 Å². The molecule has 17 heavy (non-hydrogen) atoms. The van der Waals surface area contributed by atoms with Crippen LogP contribution in [-0.4, -0.2) is 5.11 Å². The lowest BCUT2D eigenvalue weighted by Crippen LogP contribution is -1.99. The van der Waals surface area contributed by atoms with Crippen LogP contribution in [0.25, 0.3) is 0 Å². The van der Waals surface area contributed by atoms with Crippen molar-refractivity contribution in [1.82, 2.24) is 0 Å². The van der Waals surface area contributed by atoms with Gasteiger partial charge >= 0.3 is 0 Å². The number of halogens is 1. The molecule has 1 aliphatic heterocycles. The Balaban J connectivity index is 1.94. The van der Waals surface area contributed by atoms with Crippen LogP contribution in [0.3, 0.4) is 0 Å². The fourth-order valence-corrected chi connectivity index (χ4v) is 3.22. The van der Waals surface area contributed by atoms with E-state index in [2.05, 4.69) is 15.9 Å². The number of ether oxygens (including phenoxy) is 1. The topological polar surface area (TPSA) is 29.5 Å². The molecule has 0 aliphatic carbocycles. The molecule has 0 radical (unpaired) electrons. The first-order valence-electron chi connectivity index (χ1n) is 5.35. The highest BCUT2D eigenvalue weighted by molar-refractivity contribution is 9.11. The molecule has 4 heteroatoms. The Bertz CT molecular complexity index is 550. The number of hydrogen-bond acceptors (Lipinski definition) is 3. The molecule has 2 aromatic rings. The Kier molecular flexibility index (Phi) is 3.04. The second-order valence-electron chi connectivity index (χ2n) is 4.11. The first-order chi connectivity index (χ1) is 8.24. The number of aliphatic hydroxyl groups excluding tert-OH is 1. The Labute approximate surface area is 112 Å². The fourth-order valence-electron chi connectivity index (χ4n) is 2.02. The molecule has 1 unspecified atom stereocenters. The van der Waals surface area contributed by atoms with Gasteiger partial charge < -0.3 is 9.84 Å². The van der Waals surface area contributed by atoms with Crippen molar-refractivity contribution < 1.29 is 9.84 Å². The lowest BCUT2D eigenvalue weighted by Gasteiger charge is -2.10. The van der Waals surface area contributed by atoms with E-state index in [9.17, 15) is 5.11 Å². The van der Waals surface area contributed by atoms with Crippen LogP contribution in [0.2, 0.25) is 0 Å². The molecular formula is C13H11BrO2S. The van der Waals surface area contributed by atoms with Gasteiger partial charge in [0, 0.05) is 0 Å². The number of aliphatic hydroxyl groups is 1. The highest BCUT2D eigenvalue weighted by Crippen LogP contribution is 2.31. The van der Waals surface area contributed by atoms with E-state index in [-0.39, 0.29) is 0 Å². The molecule has 2 heterocycles. The molecule has 0 fully saturated rings. The standard InChI is InChI=1S/C13H11BrO2S/c14-12-4-11(7-17-12)13(15)8-1-2-9-5-16-6-10(9)3-8/h1-4,7,13,15H,5-6H2. The van der Waals surface area contributed by atoms with E-state index in [1.165, 1.54) is 11.1 Å². The first-order valence-corrected chi connectivity index (χ1v) is 7.03. The van der Waals surface area contributed by atoms with E-state index in [0.717, 1.165) is 14.9 Å². The predicted octanol–water partition coefficient (Wildman–Crippen LogP) is 3.62. The zero-order valence-electron chi connectivity index (χ0n) is 9.02. The van der Waals surface area contributed by atoms with Crippen molar-refractivity contribution in [3.63, 3.8) is 0 Å². The van der Waals surface area contributed by atoms with Gasteiger partial charge in [-0.3, -0.25) is 0 Å². The van der Waals surface area contributed by atoms with Gasteiger partial charge in [-0.15, -0.1) is 11.3 Å². The van der Waals surface area contributed by atoms with Gasteiger partial charge in [0.05, 0.1) is 17.0 Å². The van der Waals surface area contributed by atoms with Gasteiger partial charge in [0.25, 0.3) is 0 Å². The molecular weight excluding hydrogens is 300 g/mol. The third-order valence-electron chi connectivity index (χ3n) is 2.96. The molecule has 88 valence electrons. The van der Waals surface area contributed by atoms with Crippen molar-refractivity contribution >= 4 is 27.3 Å². The summed E-state index contributed by atoms with van der Waals surface area (Å²) in [6.07, 6.45) is -0.552. The molecule has 1 N–H and O–H groups in total. The van der Waals surface area contributed by atoms with Crippen LogP contribution in [0.1, 0.15) is 28.4 Å². The Morgan fingerprint density at radius 2 is 2.00 bits per heavy atom.